The first-order valence-corrected chi connectivity index (χ1v) is 8.41. The van der Waals surface area contributed by atoms with Crippen LogP contribution >= 0.6 is 0 Å². The van der Waals surface area contributed by atoms with Gasteiger partial charge < -0.3 is 5.11 Å². The van der Waals surface area contributed by atoms with Gasteiger partial charge in [0, 0.05) is 6.54 Å². The lowest BCUT2D eigenvalue weighted by atomic mass is 9.87. The van der Waals surface area contributed by atoms with E-state index in [1.807, 2.05) is 6.07 Å². The zero-order valence-corrected chi connectivity index (χ0v) is 13.8. The average Bonchev–Trinajstić information content (AvgIpc) is 2.64. The van der Waals surface area contributed by atoms with E-state index < -0.39 is 11.9 Å². The fraction of sp³-hybridized carbons (Fsp3) is 0.350. The van der Waals surface area contributed by atoms with E-state index in [-0.39, 0.29) is 11.7 Å². The molecule has 1 saturated heterocycles. The van der Waals surface area contributed by atoms with Crippen molar-refractivity contribution in [2.75, 3.05) is 13.1 Å². The Kier molecular flexibility index (Phi) is 5.42. The summed E-state index contributed by atoms with van der Waals surface area (Å²) in [5.41, 5.74) is 1.93. The van der Waals surface area contributed by atoms with Crippen molar-refractivity contribution in [2.24, 2.45) is 5.92 Å². The molecule has 1 N–H and O–H groups in total. The Morgan fingerprint density at radius 1 is 1.08 bits per heavy atom. The second-order valence-corrected chi connectivity index (χ2v) is 6.52. The summed E-state index contributed by atoms with van der Waals surface area (Å²) in [5.74, 6) is -0.579. The van der Waals surface area contributed by atoms with Gasteiger partial charge >= 0.3 is 0 Å². The Bertz CT molecular complexity index is 762. The summed E-state index contributed by atoms with van der Waals surface area (Å²) >= 11 is 0. The van der Waals surface area contributed by atoms with Crippen molar-refractivity contribution in [3.05, 3.63) is 70.8 Å². The highest BCUT2D eigenvalue weighted by atomic mass is 19.1. The van der Waals surface area contributed by atoms with E-state index in [1.54, 1.807) is 18.2 Å². The van der Waals surface area contributed by atoms with Crippen molar-refractivity contribution in [3.63, 3.8) is 0 Å². The molecule has 1 unspecified atom stereocenters. The first-order valence-electron chi connectivity index (χ1n) is 8.41. The molecule has 2 aromatic carbocycles. The Balaban J connectivity index is 1.59. The van der Waals surface area contributed by atoms with Crippen LogP contribution in [0.5, 0.6) is 0 Å². The van der Waals surface area contributed by atoms with Crippen molar-refractivity contribution in [2.45, 2.75) is 25.5 Å². The summed E-state index contributed by atoms with van der Waals surface area (Å²) in [4.78, 5) is 2.21. The maximum atomic E-state index is 13.2. The molecule has 0 spiro atoms. The maximum absolute atomic E-state index is 13.2. The van der Waals surface area contributed by atoms with Gasteiger partial charge in [0.25, 0.3) is 0 Å². The maximum Gasteiger partial charge on any atom is 0.124 e. The number of nitrogens with zero attached hydrogens (tertiary/aromatic N) is 2. The van der Waals surface area contributed by atoms with E-state index >= 15 is 0 Å². The first-order chi connectivity index (χ1) is 12.1. The molecule has 1 fully saturated rings. The molecule has 2 aromatic rings. The second kappa shape index (κ2) is 7.73. The highest BCUT2D eigenvalue weighted by molar-refractivity contribution is 5.37. The second-order valence-electron chi connectivity index (χ2n) is 6.52. The number of aliphatic hydroxyl groups excluding tert-OH is 1. The van der Waals surface area contributed by atoms with Crippen LogP contribution in [0.3, 0.4) is 0 Å². The Hall–Kier alpha value is -2.29. The summed E-state index contributed by atoms with van der Waals surface area (Å²) in [6, 6.07) is 12.3. The van der Waals surface area contributed by atoms with Gasteiger partial charge in [-0.3, -0.25) is 4.90 Å². The first kappa shape index (κ1) is 17.5. The van der Waals surface area contributed by atoms with Gasteiger partial charge in [-0.15, -0.1) is 0 Å². The number of nitriles is 1. The SMILES string of the molecule is N#Cc1cc(F)ccc1CN1CCC(C(O)c2ccc(F)cc2)CC1. The molecule has 3 rings (SSSR count). The molecule has 130 valence electrons. The zero-order valence-electron chi connectivity index (χ0n) is 13.8. The normalized spacial score (nSPS) is 17.2. The van der Waals surface area contributed by atoms with Gasteiger partial charge in [-0.05, 0) is 67.2 Å². The van der Waals surface area contributed by atoms with E-state index in [0.717, 1.165) is 37.1 Å². The average molecular weight is 342 g/mol. The van der Waals surface area contributed by atoms with Crippen molar-refractivity contribution < 1.29 is 13.9 Å². The molecule has 1 aliphatic heterocycles. The molecule has 1 aliphatic rings. The standard InChI is InChI=1S/C20H20F2N2O/c21-18-4-1-14(2-5-18)20(25)15-7-9-24(10-8-15)13-16-3-6-19(22)11-17(16)12-23/h1-6,11,15,20,25H,7-10,13H2. The van der Waals surface area contributed by atoms with E-state index in [9.17, 15) is 13.9 Å². The van der Waals surface area contributed by atoms with Crippen molar-refractivity contribution in [1.29, 1.82) is 5.26 Å². The van der Waals surface area contributed by atoms with Gasteiger partial charge in [-0.1, -0.05) is 18.2 Å². The predicted octanol–water partition coefficient (Wildman–Crippen LogP) is 3.78. The number of aliphatic hydroxyl groups is 1. The highest BCUT2D eigenvalue weighted by Gasteiger charge is 2.26. The molecule has 0 amide bonds. The minimum absolute atomic E-state index is 0.130. The van der Waals surface area contributed by atoms with E-state index in [2.05, 4.69) is 4.90 Å². The van der Waals surface area contributed by atoms with Crippen LogP contribution < -0.4 is 0 Å². The fourth-order valence-electron chi connectivity index (χ4n) is 3.39. The number of likely N-dealkylation sites (tertiary alicyclic amines) is 1. The summed E-state index contributed by atoms with van der Waals surface area (Å²) in [6.45, 7) is 2.19. The minimum Gasteiger partial charge on any atom is -0.388 e. The predicted molar refractivity (Wildman–Crippen MR) is 90.5 cm³/mol. The number of halogens is 2. The Labute approximate surface area is 146 Å². The molecule has 25 heavy (non-hydrogen) atoms. The quantitative estimate of drug-likeness (QED) is 0.920. The van der Waals surface area contributed by atoms with Crippen LogP contribution in [0.15, 0.2) is 42.5 Å². The van der Waals surface area contributed by atoms with Gasteiger partial charge in [-0.2, -0.15) is 5.26 Å². The lowest BCUT2D eigenvalue weighted by Gasteiger charge is -2.34. The van der Waals surface area contributed by atoms with Crippen molar-refractivity contribution in [3.8, 4) is 6.07 Å². The molecule has 0 aliphatic carbocycles. The topological polar surface area (TPSA) is 47.3 Å². The largest absolute Gasteiger partial charge is 0.388 e. The van der Waals surface area contributed by atoms with Crippen molar-refractivity contribution in [1.82, 2.24) is 4.90 Å². The van der Waals surface area contributed by atoms with Crippen LogP contribution in [0.2, 0.25) is 0 Å². The highest BCUT2D eigenvalue weighted by Crippen LogP contribution is 2.31. The number of hydrogen-bond acceptors (Lipinski definition) is 3. The van der Waals surface area contributed by atoms with Crippen LogP contribution in [0, 0.1) is 28.9 Å². The molecule has 5 heteroatoms. The lowest BCUT2D eigenvalue weighted by Crippen LogP contribution is -2.35. The molecular formula is C20H20F2N2O. The summed E-state index contributed by atoms with van der Waals surface area (Å²) in [7, 11) is 0. The van der Waals surface area contributed by atoms with E-state index in [0.29, 0.717) is 12.1 Å². The Morgan fingerprint density at radius 2 is 1.72 bits per heavy atom. The molecular weight excluding hydrogens is 322 g/mol. The fourth-order valence-corrected chi connectivity index (χ4v) is 3.39. The molecule has 0 radical (unpaired) electrons. The number of rotatable bonds is 4. The van der Waals surface area contributed by atoms with E-state index in [1.165, 1.54) is 24.3 Å². The number of benzene rings is 2. The number of piperidine rings is 1. The third-order valence-electron chi connectivity index (χ3n) is 4.88. The Morgan fingerprint density at radius 3 is 2.36 bits per heavy atom. The van der Waals surface area contributed by atoms with Crippen LogP contribution in [-0.2, 0) is 6.54 Å². The molecule has 0 saturated carbocycles. The van der Waals surface area contributed by atoms with Gasteiger partial charge in [0.1, 0.15) is 11.6 Å². The van der Waals surface area contributed by atoms with Crippen LogP contribution in [0.4, 0.5) is 8.78 Å². The summed E-state index contributed by atoms with van der Waals surface area (Å²) in [5, 5.41) is 19.6. The van der Waals surface area contributed by atoms with Crippen LogP contribution in [0.25, 0.3) is 0 Å². The lowest BCUT2D eigenvalue weighted by molar-refractivity contribution is 0.0567. The zero-order chi connectivity index (χ0) is 17.8. The van der Waals surface area contributed by atoms with Crippen LogP contribution in [-0.4, -0.2) is 23.1 Å². The molecule has 1 atom stereocenters. The summed E-state index contributed by atoms with van der Waals surface area (Å²) in [6.07, 6.45) is 1.05. The van der Waals surface area contributed by atoms with Gasteiger partial charge in [0.2, 0.25) is 0 Å². The van der Waals surface area contributed by atoms with Gasteiger partial charge in [0.15, 0.2) is 0 Å². The number of hydrogen-bond donors (Lipinski definition) is 1. The smallest absolute Gasteiger partial charge is 0.124 e. The van der Waals surface area contributed by atoms with Gasteiger partial charge in [-0.25, -0.2) is 8.78 Å². The van der Waals surface area contributed by atoms with Crippen molar-refractivity contribution >= 4 is 0 Å². The van der Waals surface area contributed by atoms with E-state index in [4.69, 9.17) is 5.26 Å². The van der Waals surface area contributed by atoms with Gasteiger partial charge in [0.05, 0.1) is 17.7 Å². The van der Waals surface area contributed by atoms with Crippen LogP contribution in [0.1, 0.15) is 35.6 Å². The molecule has 1 heterocycles. The molecule has 3 nitrogen and oxygen atoms in total. The monoisotopic (exact) mass is 342 g/mol. The third-order valence-corrected chi connectivity index (χ3v) is 4.88. The molecule has 0 bridgehead atoms. The molecule has 0 aromatic heterocycles. The minimum atomic E-state index is -0.594. The third kappa shape index (κ3) is 4.22. The summed E-state index contributed by atoms with van der Waals surface area (Å²) < 4.78 is 26.2.